The first-order valence-corrected chi connectivity index (χ1v) is 10.9. The first-order valence-electron chi connectivity index (χ1n) is 10.2. The van der Waals surface area contributed by atoms with E-state index >= 15 is 0 Å². The minimum Gasteiger partial charge on any atom is -0.345 e. The fourth-order valence-electron chi connectivity index (χ4n) is 3.14. The number of hydrogen-bond acceptors (Lipinski definition) is 3. The van der Waals surface area contributed by atoms with Gasteiger partial charge in [-0.15, -0.1) is 0 Å². The highest BCUT2D eigenvalue weighted by Gasteiger charge is 2.23. The average molecular weight is 484 g/mol. The van der Waals surface area contributed by atoms with Gasteiger partial charge in [0.15, 0.2) is 0 Å². The van der Waals surface area contributed by atoms with Crippen molar-refractivity contribution in [2.75, 3.05) is 19.4 Å². The van der Waals surface area contributed by atoms with Crippen LogP contribution >= 0.6 is 23.2 Å². The number of carbonyl (C=O) groups is 3. The quantitative estimate of drug-likeness (QED) is 0.512. The summed E-state index contributed by atoms with van der Waals surface area (Å²) < 4.78 is 0. The maximum Gasteiger partial charge on any atom is 0.254 e. The molecule has 2 N–H and O–H groups in total. The normalized spacial score (nSPS) is 11.4. The molecule has 0 heterocycles. The van der Waals surface area contributed by atoms with Crippen LogP contribution in [0.3, 0.4) is 0 Å². The van der Waals surface area contributed by atoms with Gasteiger partial charge in [0.05, 0.1) is 10.6 Å². The summed E-state index contributed by atoms with van der Waals surface area (Å²) in [6.07, 6.45) is 0.289. The molecule has 0 bridgehead atoms. The summed E-state index contributed by atoms with van der Waals surface area (Å²) in [4.78, 5) is 39.5. The molecule has 3 rings (SSSR count). The van der Waals surface area contributed by atoms with Crippen molar-refractivity contribution in [2.45, 2.75) is 12.5 Å². The van der Waals surface area contributed by atoms with Gasteiger partial charge in [-0.2, -0.15) is 0 Å². The number of amides is 3. The third kappa shape index (κ3) is 6.57. The van der Waals surface area contributed by atoms with E-state index in [9.17, 15) is 14.4 Å². The van der Waals surface area contributed by atoms with Gasteiger partial charge in [0.2, 0.25) is 5.91 Å². The third-order valence-electron chi connectivity index (χ3n) is 4.88. The molecular weight excluding hydrogens is 461 g/mol. The van der Waals surface area contributed by atoms with E-state index in [0.29, 0.717) is 21.8 Å². The standard InChI is InChI=1S/C25H23Cl2N3O3/c1-30(2)25(33)20-13-12-19(15-21(20)27)28-24(32)22(14-16-6-4-3-5-7-16)29-23(31)17-8-10-18(26)11-9-17/h3-13,15,22H,14H2,1-2H3,(H,28,32)(H,29,31). The van der Waals surface area contributed by atoms with Crippen LogP contribution in [0, 0.1) is 0 Å². The summed E-state index contributed by atoms with van der Waals surface area (Å²) in [7, 11) is 3.26. The first kappa shape index (κ1) is 24.3. The van der Waals surface area contributed by atoms with Crippen molar-refractivity contribution in [1.82, 2.24) is 10.2 Å². The van der Waals surface area contributed by atoms with Crippen molar-refractivity contribution in [1.29, 1.82) is 0 Å². The highest BCUT2D eigenvalue weighted by molar-refractivity contribution is 6.34. The Hall–Kier alpha value is -3.35. The van der Waals surface area contributed by atoms with Crippen molar-refractivity contribution in [3.8, 4) is 0 Å². The molecule has 1 unspecified atom stereocenters. The van der Waals surface area contributed by atoms with Gasteiger partial charge in [-0.1, -0.05) is 53.5 Å². The van der Waals surface area contributed by atoms with Gasteiger partial charge in [-0.25, -0.2) is 0 Å². The lowest BCUT2D eigenvalue weighted by Crippen LogP contribution is -2.45. The van der Waals surface area contributed by atoms with Crippen LogP contribution in [-0.2, 0) is 11.2 Å². The summed E-state index contributed by atoms with van der Waals surface area (Å²) in [5, 5.41) is 6.30. The summed E-state index contributed by atoms with van der Waals surface area (Å²) >= 11 is 12.2. The van der Waals surface area contributed by atoms with Gasteiger partial charge in [0.1, 0.15) is 6.04 Å². The van der Waals surface area contributed by atoms with E-state index in [2.05, 4.69) is 10.6 Å². The van der Waals surface area contributed by atoms with E-state index in [1.165, 1.54) is 11.0 Å². The van der Waals surface area contributed by atoms with E-state index in [0.717, 1.165) is 5.56 Å². The zero-order valence-electron chi connectivity index (χ0n) is 18.1. The Bertz CT molecular complexity index is 1150. The molecule has 3 aromatic carbocycles. The molecule has 0 saturated heterocycles. The van der Waals surface area contributed by atoms with Crippen LogP contribution in [0.4, 0.5) is 5.69 Å². The summed E-state index contributed by atoms with van der Waals surface area (Å²) in [6, 6.07) is 19.6. The number of anilines is 1. The van der Waals surface area contributed by atoms with Crippen LogP contribution in [0.1, 0.15) is 26.3 Å². The van der Waals surface area contributed by atoms with E-state index in [-0.39, 0.29) is 17.4 Å². The highest BCUT2D eigenvalue weighted by atomic mass is 35.5. The second-order valence-corrected chi connectivity index (χ2v) is 8.45. The minimum atomic E-state index is -0.850. The zero-order chi connectivity index (χ0) is 24.0. The lowest BCUT2D eigenvalue weighted by Gasteiger charge is -2.19. The van der Waals surface area contributed by atoms with Crippen molar-refractivity contribution in [2.24, 2.45) is 0 Å². The summed E-state index contributed by atoms with van der Waals surface area (Å²) in [5.41, 5.74) is 2.02. The molecule has 0 spiro atoms. The second kappa shape index (κ2) is 11.0. The van der Waals surface area contributed by atoms with E-state index in [4.69, 9.17) is 23.2 Å². The van der Waals surface area contributed by atoms with Crippen molar-refractivity contribution < 1.29 is 14.4 Å². The van der Waals surface area contributed by atoms with E-state index in [1.807, 2.05) is 30.3 Å². The maximum absolute atomic E-state index is 13.1. The Labute approximate surface area is 202 Å². The van der Waals surface area contributed by atoms with Crippen LogP contribution in [-0.4, -0.2) is 42.8 Å². The molecule has 1 atom stereocenters. The first-order chi connectivity index (χ1) is 15.7. The second-order valence-electron chi connectivity index (χ2n) is 7.61. The lowest BCUT2D eigenvalue weighted by atomic mass is 10.0. The topological polar surface area (TPSA) is 78.5 Å². The van der Waals surface area contributed by atoms with Crippen molar-refractivity contribution >= 4 is 46.6 Å². The summed E-state index contributed by atoms with van der Waals surface area (Å²) in [5.74, 6) is -1.05. The Morgan fingerprint density at radius 3 is 2.18 bits per heavy atom. The molecule has 3 amide bonds. The molecule has 170 valence electrons. The summed E-state index contributed by atoms with van der Waals surface area (Å²) in [6.45, 7) is 0. The molecule has 8 heteroatoms. The predicted octanol–water partition coefficient (Wildman–Crippen LogP) is 4.68. The number of nitrogens with one attached hydrogen (secondary N) is 2. The Kier molecular flexibility index (Phi) is 8.09. The Morgan fingerprint density at radius 1 is 0.909 bits per heavy atom. The predicted molar refractivity (Wildman–Crippen MR) is 131 cm³/mol. The number of halogens is 2. The van der Waals surface area contributed by atoms with E-state index in [1.54, 1.807) is 50.5 Å². The smallest absolute Gasteiger partial charge is 0.254 e. The molecule has 0 aliphatic heterocycles. The maximum atomic E-state index is 13.1. The SMILES string of the molecule is CN(C)C(=O)c1ccc(NC(=O)C(Cc2ccccc2)NC(=O)c2ccc(Cl)cc2)cc1Cl. The van der Waals surface area contributed by atoms with Gasteiger partial charge < -0.3 is 15.5 Å². The lowest BCUT2D eigenvalue weighted by molar-refractivity contribution is -0.118. The molecule has 0 aromatic heterocycles. The highest BCUT2D eigenvalue weighted by Crippen LogP contribution is 2.22. The van der Waals surface area contributed by atoms with E-state index < -0.39 is 17.9 Å². The van der Waals surface area contributed by atoms with Gasteiger partial charge in [-0.05, 0) is 48.0 Å². The molecular formula is C25H23Cl2N3O3. The third-order valence-corrected chi connectivity index (χ3v) is 5.45. The molecule has 0 saturated carbocycles. The van der Waals surface area contributed by atoms with Crippen molar-refractivity contribution in [3.05, 3.63) is 99.5 Å². The van der Waals surface area contributed by atoms with Gasteiger partial charge in [0, 0.05) is 36.8 Å². The Morgan fingerprint density at radius 2 is 1.58 bits per heavy atom. The van der Waals surface area contributed by atoms with Gasteiger partial charge in [-0.3, -0.25) is 14.4 Å². The number of nitrogens with zero attached hydrogens (tertiary/aromatic N) is 1. The van der Waals surface area contributed by atoms with Crippen LogP contribution in [0.15, 0.2) is 72.8 Å². The molecule has 33 heavy (non-hydrogen) atoms. The molecule has 6 nitrogen and oxygen atoms in total. The molecule has 0 radical (unpaired) electrons. The van der Waals surface area contributed by atoms with Crippen LogP contribution in [0.5, 0.6) is 0 Å². The minimum absolute atomic E-state index is 0.219. The molecule has 0 aliphatic carbocycles. The number of hydrogen-bond donors (Lipinski definition) is 2. The fraction of sp³-hybridized carbons (Fsp3) is 0.160. The van der Waals surface area contributed by atoms with Crippen LogP contribution in [0.2, 0.25) is 10.0 Å². The van der Waals surface area contributed by atoms with Crippen molar-refractivity contribution in [3.63, 3.8) is 0 Å². The van der Waals surface area contributed by atoms with Crippen LogP contribution in [0.25, 0.3) is 0 Å². The van der Waals surface area contributed by atoms with Crippen LogP contribution < -0.4 is 10.6 Å². The van der Waals surface area contributed by atoms with Gasteiger partial charge >= 0.3 is 0 Å². The monoisotopic (exact) mass is 483 g/mol. The number of carbonyl (C=O) groups excluding carboxylic acids is 3. The molecule has 3 aromatic rings. The fourth-order valence-corrected chi connectivity index (χ4v) is 3.53. The Balaban J connectivity index is 1.80. The average Bonchev–Trinajstić information content (AvgIpc) is 2.79. The zero-order valence-corrected chi connectivity index (χ0v) is 19.7. The van der Waals surface area contributed by atoms with Gasteiger partial charge in [0.25, 0.3) is 11.8 Å². The largest absolute Gasteiger partial charge is 0.345 e. The number of rotatable bonds is 7. The number of benzene rings is 3. The molecule has 0 aliphatic rings. The molecule has 0 fully saturated rings.